The van der Waals surface area contributed by atoms with Crippen molar-refractivity contribution in [3.63, 3.8) is 0 Å². The lowest BCUT2D eigenvalue weighted by Crippen LogP contribution is -2.41. The third kappa shape index (κ3) is 3.76. The number of aliphatic imine (C=N–C) groups is 1. The molecule has 5 heteroatoms. The Kier molecular flexibility index (Phi) is 5.96. The Labute approximate surface area is 156 Å². The second-order valence-electron chi connectivity index (χ2n) is 6.85. The molecular formula is C21H29N3O2. The Balaban J connectivity index is 1.79. The summed E-state index contributed by atoms with van der Waals surface area (Å²) in [5, 5.41) is 0. The number of hydrogen-bond acceptors (Lipinski definition) is 4. The summed E-state index contributed by atoms with van der Waals surface area (Å²) < 4.78 is 5.79. The molecule has 1 aromatic rings. The first kappa shape index (κ1) is 18.5. The Morgan fingerprint density at radius 3 is 2.38 bits per heavy atom. The predicted octanol–water partition coefficient (Wildman–Crippen LogP) is 4.05. The molecule has 0 atom stereocenters. The van der Waals surface area contributed by atoms with Crippen LogP contribution in [0.2, 0.25) is 0 Å². The molecule has 1 saturated carbocycles. The standard InChI is InChI=1S/C21H29N3O2/c1-4-23(5-2)17-13-11-16(12-14-17)15-19-20(25)24(21(22-3)26-19)18-9-7-6-8-10-18/h11-15,18H,4-10H2,1-3H3. The van der Waals surface area contributed by atoms with Crippen molar-refractivity contribution in [1.82, 2.24) is 4.90 Å². The van der Waals surface area contributed by atoms with Crippen LogP contribution in [0.4, 0.5) is 5.69 Å². The van der Waals surface area contributed by atoms with Crippen molar-refractivity contribution >= 4 is 23.7 Å². The quantitative estimate of drug-likeness (QED) is 0.749. The van der Waals surface area contributed by atoms with Crippen LogP contribution in [0, 0.1) is 0 Å². The van der Waals surface area contributed by atoms with Crippen LogP contribution in [0.25, 0.3) is 6.08 Å². The fourth-order valence-corrected chi connectivity index (χ4v) is 3.82. The summed E-state index contributed by atoms with van der Waals surface area (Å²) in [5.41, 5.74) is 2.15. The van der Waals surface area contributed by atoms with Gasteiger partial charge in [0.2, 0.25) is 0 Å². The Bertz CT molecular complexity index is 684. The van der Waals surface area contributed by atoms with Crippen molar-refractivity contribution in [3.05, 3.63) is 35.6 Å². The summed E-state index contributed by atoms with van der Waals surface area (Å²) in [6.07, 6.45) is 7.45. The lowest BCUT2D eigenvalue weighted by molar-refractivity contribution is -0.124. The number of nitrogens with zero attached hydrogens (tertiary/aromatic N) is 3. The molecule has 1 aliphatic heterocycles. The van der Waals surface area contributed by atoms with Crippen LogP contribution < -0.4 is 4.90 Å². The first-order chi connectivity index (χ1) is 12.7. The van der Waals surface area contributed by atoms with Crippen LogP contribution in [0.15, 0.2) is 35.0 Å². The minimum Gasteiger partial charge on any atom is -0.420 e. The molecule has 0 spiro atoms. The molecule has 3 rings (SSSR count). The molecule has 1 saturated heterocycles. The molecule has 0 N–H and O–H groups in total. The number of amidine groups is 1. The third-order valence-electron chi connectivity index (χ3n) is 5.29. The van der Waals surface area contributed by atoms with Crippen molar-refractivity contribution in [1.29, 1.82) is 0 Å². The topological polar surface area (TPSA) is 45.1 Å². The van der Waals surface area contributed by atoms with Gasteiger partial charge in [-0.1, -0.05) is 31.4 Å². The van der Waals surface area contributed by atoms with E-state index in [0.29, 0.717) is 11.8 Å². The molecule has 2 fully saturated rings. The average molecular weight is 355 g/mol. The molecule has 0 aromatic heterocycles. The van der Waals surface area contributed by atoms with Crippen molar-refractivity contribution < 1.29 is 9.53 Å². The highest BCUT2D eigenvalue weighted by atomic mass is 16.5. The average Bonchev–Trinajstić information content (AvgIpc) is 3.00. The van der Waals surface area contributed by atoms with E-state index in [4.69, 9.17) is 4.74 Å². The number of hydrogen-bond donors (Lipinski definition) is 0. The molecule has 140 valence electrons. The highest BCUT2D eigenvalue weighted by Gasteiger charge is 2.39. The second-order valence-corrected chi connectivity index (χ2v) is 6.85. The fraction of sp³-hybridized carbons (Fsp3) is 0.524. The van der Waals surface area contributed by atoms with Crippen LogP contribution in [-0.2, 0) is 9.53 Å². The molecule has 0 radical (unpaired) electrons. The van der Waals surface area contributed by atoms with Crippen molar-refractivity contribution in [2.45, 2.75) is 52.0 Å². The SMILES string of the molecule is CCN(CC)c1ccc(C=C2OC(=NC)N(C3CCCCC3)C2=O)cc1. The van der Waals surface area contributed by atoms with E-state index in [1.165, 1.54) is 12.1 Å². The molecule has 1 aromatic carbocycles. The smallest absolute Gasteiger partial charge is 0.300 e. The minimum atomic E-state index is -0.0645. The number of rotatable bonds is 5. The second kappa shape index (κ2) is 8.39. The molecule has 1 heterocycles. The van der Waals surface area contributed by atoms with Crippen LogP contribution in [-0.4, -0.2) is 43.0 Å². The molecule has 26 heavy (non-hydrogen) atoms. The number of benzene rings is 1. The Morgan fingerprint density at radius 2 is 1.81 bits per heavy atom. The van der Waals surface area contributed by atoms with Gasteiger partial charge in [0.1, 0.15) is 0 Å². The molecule has 5 nitrogen and oxygen atoms in total. The number of carbonyl (C=O) groups excluding carboxylic acids is 1. The number of amides is 1. The van der Waals surface area contributed by atoms with Crippen molar-refractivity contribution in [2.24, 2.45) is 4.99 Å². The first-order valence-electron chi connectivity index (χ1n) is 9.72. The monoisotopic (exact) mass is 355 g/mol. The highest BCUT2D eigenvalue weighted by molar-refractivity contribution is 6.11. The normalized spacial score (nSPS) is 21.5. The summed E-state index contributed by atoms with van der Waals surface area (Å²) >= 11 is 0. The van der Waals surface area contributed by atoms with Crippen molar-refractivity contribution in [2.75, 3.05) is 25.0 Å². The predicted molar refractivity (Wildman–Crippen MR) is 106 cm³/mol. The molecule has 1 amide bonds. The Hall–Kier alpha value is -2.30. The highest BCUT2D eigenvalue weighted by Crippen LogP contribution is 2.29. The number of carbonyl (C=O) groups is 1. The van der Waals surface area contributed by atoms with Crippen LogP contribution >= 0.6 is 0 Å². The van der Waals surface area contributed by atoms with E-state index in [1.54, 1.807) is 11.9 Å². The largest absolute Gasteiger partial charge is 0.420 e. The van der Waals surface area contributed by atoms with Crippen LogP contribution in [0.3, 0.4) is 0 Å². The van der Waals surface area contributed by atoms with E-state index in [-0.39, 0.29) is 11.9 Å². The van der Waals surface area contributed by atoms with Gasteiger partial charge in [-0.15, -0.1) is 0 Å². The lowest BCUT2D eigenvalue weighted by atomic mass is 9.94. The van der Waals surface area contributed by atoms with E-state index < -0.39 is 0 Å². The van der Waals surface area contributed by atoms with E-state index in [2.05, 4.69) is 35.9 Å². The Morgan fingerprint density at radius 1 is 1.15 bits per heavy atom. The summed E-state index contributed by atoms with van der Waals surface area (Å²) in [7, 11) is 1.68. The van der Waals surface area contributed by atoms with E-state index >= 15 is 0 Å². The van der Waals surface area contributed by atoms with E-state index in [1.807, 2.05) is 18.2 Å². The maximum absolute atomic E-state index is 12.9. The van der Waals surface area contributed by atoms with E-state index in [9.17, 15) is 4.79 Å². The molecule has 2 aliphatic rings. The first-order valence-corrected chi connectivity index (χ1v) is 9.72. The van der Waals surface area contributed by atoms with Gasteiger partial charge in [-0.05, 0) is 50.5 Å². The van der Waals surface area contributed by atoms with Gasteiger partial charge in [-0.25, -0.2) is 4.99 Å². The summed E-state index contributed by atoms with van der Waals surface area (Å²) in [6.45, 7) is 6.25. The van der Waals surface area contributed by atoms with Gasteiger partial charge in [-0.3, -0.25) is 9.69 Å². The lowest BCUT2D eigenvalue weighted by Gasteiger charge is -2.28. The zero-order chi connectivity index (χ0) is 18.5. The number of anilines is 1. The molecular weight excluding hydrogens is 326 g/mol. The van der Waals surface area contributed by atoms with Gasteiger partial charge >= 0.3 is 0 Å². The molecule has 0 unspecified atom stereocenters. The zero-order valence-corrected chi connectivity index (χ0v) is 16.1. The van der Waals surface area contributed by atoms with Gasteiger partial charge in [0.15, 0.2) is 5.76 Å². The van der Waals surface area contributed by atoms with Crippen LogP contribution in [0.5, 0.6) is 0 Å². The van der Waals surface area contributed by atoms with Gasteiger partial charge in [0, 0.05) is 31.9 Å². The zero-order valence-electron chi connectivity index (χ0n) is 16.1. The number of ether oxygens (including phenoxy) is 1. The fourth-order valence-electron chi connectivity index (χ4n) is 3.82. The van der Waals surface area contributed by atoms with Gasteiger partial charge in [0.05, 0.1) is 0 Å². The summed E-state index contributed by atoms with van der Waals surface area (Å²) in [5.74, 6) is 0.303. The van der Waals surface area contributed by atoms with Gasteiger partial charge in [0.25, 0.3) is 11.9 Å². The summed E-state index contributed by atoms with van der Waals surface area (Å²) in [4.78, 5) is 21.1. The summed E-state index contributed by atoms with van der Waals surface area (Å²) in [6, 6.07) is 8.89. The third-order valence-corrected chi connectivity index (χ3v) is 5.29. The van der Waals surface area contributed by atoms with Crippen molar-refractivity contribution in [3.8, 4) is 0 Å². The maximum Gasteiger partial charge on any atom is 0.300 e. The van der Waals surface area contributed by atoms with Gasteiger partial charge in [-0.2, -0.15) is 0 Å². The van der Waals surface area contributed by atoms with Gasteiger partial charge < -0.3 is 9.64 Å². The molecule has 0 bridgehead atoms. The molecule has 1 aliphatic carbocycles. The maximum atomic E-state index is 12.9. The van der Waals surface area contributed by atoms with E-state index in [0.717, 1.165) is 44.3 Å². The minimum absolute atomic E-state index is 0.0645. The van der Waals surface area contributed by atoms with Crippen LogP contribution in [0.1, 0.15) is 51.5 Å².